The SMILES string of the molecule is CC(C)(C)OC(=O)N[C@H](CF)[C@H]1CC[C@H](C(=O)N2CC[C@H](c3ccccc3)[C@H]2C(=O)Nc2ccc3[nH]c(C(=O)OCCCN4CCOCC4)cc3c2)CC1. The molecule has 0 radical (unpaired) electrons. The van der Waals surface area contributed by atoms with Gasteiger partial charge in [-0.1, -0.05) is 30.3 Å². The fourth-order valence-electron chi connectivity index (χ4n) is 8.05. The number of ether oxygens (including phenoxy) is 3. The maximum absolute atomic E-state index is 14.2. The minimum Gasteiger partial charge on any atom is -0.461 e. The minimum atomic E-state index is -0.727. The molecule has 13 heteroatoms. The van der Waals surface area contributed by atoms with Gasteiger partial charge in [0.25, 0.3) is 0 Å². The van der Waals surface area contributed by atoms with Gasteiger partial charge in [0.2, 0.25) is 11.8 Å². The van der Waals surface area contributed by atoms with E-state index >= 15 is 0 Å². The number of benzene rings is 2. The van der Waals surface area contributed by atoms with E-state index in [9.17, 15) is 23.6 Å². The molecule has 3 aromatic rings. The van der Waals surface area contributed by atoms with E-state index in [-0.39, 0.29) is 29.6 Å². The number of rotatable bonds is 12. The number of alkyl carbamates (subject to hydrolysis) is 1. The molecule has 12 nitrogen and oxygen atoms in total. The van der Waals surface area contributed by atoms with Crippen molar-refractivity contribution in [2.45, 2.75) is 82.9 Å². The van der Waals surface area contributed by atoms with Crippen molar-refractivity contribution in [1.29, 1.82) is 0 Å². The first-order valence-corrected chi connectivity index (χ1v) is 19.3. The molecule has 292 valence electrons. The number of carbonyl (C=O) groups is 4. The van der Waals surface area contributed by atoms with Crippen LogP contribution in [0.3, 0.4) is 0 Å². The quantitative estimate of drug-likeness (QED) is 0.151. The molecule has 3 N–H and O–H groups in total. The summed E-state index contributed by atoms with van der Waals surface area (Å²) < 4.78 is 30.3. The van der Waals surface area contributed by atoms with Gasteiger partial charge >= 0.3 is 12.1 Å². The van der Waals surface area contributed by atoms with Gasteiger partial charge in [-0.3, -0.25) is 14.5 Å². The fraction of sp³-hybridized carbons (Fsp3) is 0.561. The van der Waals surface area contributed by atoms with Crippen molar-refractivity contribution in [2.24, 2.45) is 11.8 Å². The van der Waals surface area contributed by atoms with Crippen molar-refractivity contribution >= 4 is 40.5 Å². The maximum atomic E-state index is 14.2. The summed E-state index contributed by atoms with van der Waals surface area (Å²) in [6.45, 7) is 9.39. The van der Waals surface area contributed by atoms with Crippen molar-refractivity contribution in [3.8, 4) is 0 Å². The molecule has 54 heavy (non-hydrogen) atoms. The Morgan fingerprint density at radius 3 is 2.41 bits per heavy atom. The molecule has 0 spiro atoms. The summed E-state index contributed by atoms with van der Waals surface area (Å²) in [5, 5.41) is 6.50. The number of H-pyrrole nitrogens is 1. The topological polar surface area (TPSA) is 142 Å². The number of aromatic nitrogens is 1. The molecule has 1 aromatic heterocycles. The van der Waals surface area contributed by atoms with Crippen LogP contribution in [0.2, 0.25) is 0 Å². The number of fused-ring (bicyclic) bond motifs is 1. The third-order valence-corrected chi connectivity index (χ3v) is 10.8. The first kappa shape index (κ1) is 39.2. The summed E-state index contributed by atoms with van der Waals surface area (Å²) in [5.74, 6) is -1.40. The fourth-order valence-corrected chi connectivity index (χ4v) is 8.05. The number of hydrogen-bond donors (Lipinski definition) is 3. The lowest BCUT2D eigenvalue weighted by atomic mass is 9.78. The third kappa shape index (κ3) is 9.97. The minimum absolute atomic E-state index is 0.0712. The first-order chi connectivity index (χ1) is 26.0. The highest BCUT2D eigenvalue weighted by atomic mass is 19.1. The summed E-state index contributed by atoms with van der Waals surface area (Å²) in [7, 11) is 0. The van der Waals surface area contributed by atoms with E-state index in [2.05, 4.69) is 20.5 Å². The predicted octanol–water partition coefficient (Wildman–Crippen LogP) is 6.04. The molecule has 3 amide bonds. The van der Waals surface area contributed by atoms with Crippen LogP contribution in [-0.2, 0) is 23.8 Å². The molecule has 2 aromatic carbocycles. The molecular formula is C41H54FN5O7. The van der Waals surface area contributed by atoms with Crippen molar-refractivity contribution in [3.05, 3.63) is 65.9 Å². The number of aromatic amines is 1. The van der Waals surface area contributed by atoms with E-state index in [0.717, 1.165) is 55.7 Å². The van der Waals surface area contributed by atoms with Gasteiger partial charge in [-0.2, -0.15) is 0 Å². The number of esters is 1. The zero-order valence-electron chi connectivity index (χ0n) is 31.6. The Kier molecular flexibility index (Phi) is 12.9. The number of morpholine rings is 1. The Hall–Kier alpha value is -4.49. The number of nitrogens with one attached hydrogen (secondary N) is 3. The van der Waals surface area contributed by atoms with Crippen molar-refractivity contribution in [2.75, 3.05) is 58.0 Å². The van der Waals surface area contributed by atoms with Crippen LogP contribution in [0.4, 0.5) is 14.9 Å². The lowest BCUT2D eigenvalue weighted by molar-refractivity contribution is -0.141. The van der Waals surface area contributed by atoms with E-state index in [1.165, 1.54) is 0 Å². The Morgan fingerprint density at radius 1 is 0.963 bits per heavy atom. The Bertz CT molecular complexity index is 1750. The molecule has 6 rings (SSSR count). The maximum Gasteiger partial charge on any atom is 0.407 e. The van der Waals surface area contributed by atoms with Crippen LogP contribution in [0.5, 0.6) is 0 Å². The largest absolute Gasteiger partial charge is 0.461 e. The van der Waals surface area contributed by atoms with E-state index in [1.54, 1.807) is 37.8 Å². The van der Waals surface area contributed by atoms with Gasteiger partial charge in [0.05, 0.1) is 25.9 Å². The molecule has 2 aliphatic heterocycles. The summed E-state index contributed by atoms with van der Waals surface area (Å²) >= 11 is 0. The first-order valence-electron chi connectivity index (χ1n) is 19.3. The standard InChI is InChI=1S/C41H54FN5O7/c1-41(2,3)54-40(51)45-35(26-42)28-10-12-29(13-11-28)38(49)47-18-16-32(27-8-5-4-6-9-27)36(47)37(48)43-31-14-15-33-30(24-31)25-34(44-33)39(50)53-21-7-17-46-19-22-52-23-20-46/h4-6,8-9,14-15,24-25,28-29,32,35-36,44H,7,10-13,16-23,26H2,1-3H3,(H,43,48)(H,45,51)/t28-,29-,32-,35-,36+/m1/s1. The second-order valence-electron chi connectivity index (χ2n) is 15.7. The monoisotopic (exact) mass is 747 g/mol. The van der Waals surface area contributed by atoms with Crippen molar-refractivity contribution < 1.29 is 37.8 Å². The van der Waals surface area contributed by atoms with Crippen LogP contribution in [0.1, 0.15) is 81.3 Å². The van der Waals surface area contributed by atoms with E-state index in [4.69, 9.17) is 14.2 Å². The smallest absolute Gasteiger partial charge is 0.407 e. The second kappa shape index (κ2) is 17.8. The highest BCUT2D eigenvalue weighted by molar-refractivity contribution is 6.01. The summed E-state index contributed by atoms with van der Waals surface area (Å²) in [6, 6.07) is 15.5. The second-order valence-corrected chi connectivity index (χ2v) is 15.7. The molecule has 3 aliphatic rings. The van der Waals surface area contributed by atoms with Crippen LogP contribution in [0, 0.1) is 11.8 Å². The lowest BCUT2D eigenvalue weighted by Gasteiger charge is -2.36. The molecule has 1 aliphatic carbocycles. The molecule has 0 unspecified atom stereocenters. The molecule has 0 bridgehead atoms. The van der Waals surface area contributed by atoms with E-state index < -0.39 is 36.4 Å². The zero-order valence-corrected chi connectivity index (χ0v) is 31.6. The van der Waals surface area contributed by atoms with Gasteiger partial charge < -0.3 is 34.7 Å². The molecule has 2 saturated heterocycles. The average Bonchev–Trinajstić information content (AvgIpc) is 3.81. The number of anilines is 1. The number of carbonyl (C=O) groups excluding carboxylic acids is 4. The lowest BCUT2D eigenvalue weighted by Crippen LogP contribution is -2.49. The predicted molar refractivity (Wildman–Crippen MR) is 203 cm³/mol. The van der Waals surface area contributed by atoms with Gasteiger partial charge in [-0.15, -0.1) is 0 Å². The third-order valence-electron chi connectivity index (χ3n) is 10.8. The number of likely N-dealkylation sites (tertiary alicyclic amines) is 1. The highest BCUT2D eigenvalue weighted by Crippen LogP contribution is 2.39. The van der Waals surface area contributed by atoms with Gasteiger partial charge in [-0.05, 0) is 95.0 Å². The average molecular weight is 748 g/mol. The van der Waals surface area contributed by atoms with Crippen molar-refractivity contribution in [1.82, 2.24) is 20.1 Å². The normalized spacial score (nSPS) is 22.8. The summed E-state index contributed by atoms with van der Waals surface area (Å²) in [4.78, 5) is 60.7. The number of hydrogen-bond acceptors (Lipinski definition) is 8. The van der Waals surface area contributed by atoms with Crippen molar-refractivity contribution in [3.63, 3.8) is 0 Å². The molecule has 3 heterocycles. The molecule has 3 fully saturated rings. The Balaban J connectivity index is 1.09. The number of nitrogens with zero attached hydrogens (tertiary/aromatic N) is 2. The number of alkyl halides is 1. The number of amides is 3. The van der Waals surface area contributed by atoms with Gasteiger partial charge in [-0.25, -0.2) is 14.0 Å². The van der Waals surface area contributed by atoms with Gasteiger partial charge in [0, 0.05) is 54.6 Å². The van der Waals surface area contributed by atoms with Crippen LogP contribution < -0.4 is 10.6 Å². The van der Waals surface area contributed by atoms with Crippen LogP contribution in [0.15, 0.2) is 54.6 Å². The van der Waals surface area contributed by atoms with E-state index in [0.29, 0.717) is 56.6 Å². The molecule has 3 atom stereocenters. The Morgan fingerprint density at radius 2 is 1.70 bits per heavy atom. The van der Waals surface area contributed by atoms with Gasteiger partial charge in [0.15, 0.2) is 0 Å². The summed E-state index contributed by atoms with van der Waals surface area (Å²) in [5.41, 5.74) is 1.93. The molecule has 1 saturated carbocycles. The zero-order chi connectivity index (χ0) is 38.2. The van der Waals surface area contributed by atoms with Crippen LogP contribution in [0.25, 0.3) is 10.9 Å². The number of halogens is 1. The van der Waals surface area contributed by atoms with Crippen LogP contribution >= 0.6 is 0 Å². The van der Waals surface area contributed by atoms with Crippen LogP contribution in [-0.4, -0.2) is 109 Å². The van der Waals surface area contributed by atoms with E-state index in [1.807, 2.05) is 42.5 Å². The highest BCUT2D eigenvalue weighted by Gasteiger charge is 2.45. The molecular weight excluding hydrogens is 693 g/mol. The Labute approximate surface area is 316 Å². The summed E-state index contributed by atoms with van der Waals surface area (Å²) in [6.07, 6.45) is 2.97. The van der Waals surface area contributed by atoms with Gasteiger partial charge in [0.1, 0.15) is 24.0 Å².